The Morgan fingerprint density at radius 3 is 2.37 bits per heavy atom. The second-order valence-corrected chi connectivity index (χ2v) is 10.3. The quantitative estimate of drug-likeness (QED) is 0.412. The van der Waals surface area contributed by atoms with Gasteiger partial charge in [-0.15, -0.1) is 0 Å². The molecule has 0 spiro atoms. The highest BCUT2D eigenvalue weighted by Crippen LogP contribution is 2.25. The Morgan fingerprint density at radius 1 is 1.11 bits per heavy atom. The van der Waals surface area contributed by atoms with E-state index in [4.69, 9.17) is 9.47 Å². The number of amides is 2. The van der Waals surface area contributed by atoms with E-state index < -0.39 is 6.10 Å². The molecule has 0 radical (unpaired) electrons. The molecule has 2 rings (SSSR count). The molecule has 1 fully saturated rings. The summed E-state index contributed by atoms with van der Waals surface area (Å²) < 4.78 is 11.0. The zero-order chi connectivity index (χ0) is 26.1. The monoisotopic (exact) mass is 491 g/mol. The van der Waals surface area contributed by atoms with Gasteiger partial charge in [0, 0.05) is 65.0 Å². The van der Waals surface area contributed by atoms with Crippen LogP contribution in [0.1, 0.15) is 50.0 Å². The van der Waals surface area contributed by atoms with Gasteiger partial charge in [-0.05, 0) is 56.2 Å². The van der Waals surface area contributed by atoms with Gasteiger partial charge in [0.15, 0.2) is 0 Å². The molecule has 8 nitrogen and oxygen atoms in total. The minimum Gasteiger partial charge on any atom is -0.493 e. The molecule has 1 heterocycles. The molecule has 0 saturated carbocycles. The molecule has 1 saturated heterocycles. The first-order valence-electron chi connectivity index (χ1n) is 12.7. The van der Waals surface area contributed by atoms with Crippen molar-refractivity contribution in [3.63, 3.8) is 0 Å². The van der Waals surface area contributed by atoms with E-state index in [2.05, 4.69) is 5.32 Å². The SMILES string of the molecule is COCCCOc1cc(C(=O)N(C[C@@H]2CNC[C@H]2CN(C)C(=O)C(O)C(C)C)C(C)C)ccc1C. The van der Waals surface area contributed by atoms with Crippen molar-refractivity contribution in [3.8, 4) is 5.75 Å². The van der Waals surface area contributed by atoms with E-state index in [1.807, 2.05) is 57.7 Å². The first-order chi connectivity index (χ1) is 16.6. The summed E-state index contributed by atoms with van der Waals surface area (Å²) in [6.45, 7) is 13.6. The van der Waals surface area contributed by atoms with Gasteiger partial charge in [-0.2, -0.15) is 0 Å². The molecule has 2 amide bonds. The highest BCUT2D eigenvalue weighted by molar-refractivity contribution is 5.95. The summed E-state index contributed by atoms with van der Waals surface area (Å²) in [5.41, 5.74) is 1.60. The zero-order valence-corrected chi connectivity index (χ0v) is 22.5. The number of hydrogen-bond acceptors (Lipinski definition) is 6. The van der Waals surface area contributed by atoms with E-state index in [0.717, 1.165) is 30.8 Å². The van der Waals surface area contributed by atoms with Crippen molar-refractivity contribution in [2.45, 2.75) is 53.2 Å². The summed E-state index contributed by atoms with van der Waals surface area (Å²) in [5.74, 6) is 0.741. The van der Waals surface area contributed by atoms with Crippen molar-refractivity contribution in [1.29, 1.82) is 0 Å². The lowest BCUT2D eigenvalue weighted by Gasteiger charge is -2.33. The van der Waals surface area contributed by atoms with Gasteiger partial charge < -0.3 is 29.7 Å². The van der Waals surface area contributed by atoms with Crippen LogP contribution in [0.3, 0.4) is 0 Å². The largest absolute Gasteiger partial charge is 0.493 e. The van der Waals surface area contributed by atoms with Crippen LogP contribution in [0, 0.1) is 24.7 Å². The van der Waals surface area contributed by atoms with Crippen LogP contribution in [0.25, 0.3) is 0 Å². The first kappa shape index (κ1) is 29.1. The fraction of sp³-hybridized carbons (Fsp3) is 0.704. The molecule has 35 heavy (non-hydrogen) atoms. The van der Waals surface area contributed by atoms with E-state index in [9.17, 15) is 14.7 Å². The van der Waals surface area contributed by atoms with Crippen molar-refractivity contribution < 1.29 is 24.2 Å². The number of nitrogens with zero attached hydrogens (tertiary/aromatic N) is 2. The Kier molecular flexibility index (Phi) is 11.5. The van der Waals surface area contributed by atoms with Crippen LogP contribution in [-0.4, -0.2) is 92.4 Å². The van der Waals surface area contributed by atoms with E-state index in [0.29, 0.717) is 31.9 Å². The highest BCUT2D eigenvalue weighted by atomic mass is 16.5. The molecule has 1 aliphatic heterocycles. The summed E-state index contributed by atoms with van der Waals surface area (Å²) in [7, 11) is 3.41. The summed E-state index contributed by atoms with van der Waals surface area (Å²) in [4.78, 5) is 29.6. The predicted octanol–water partition coefficient (Wildman–Crippen LogP) is 2.57. The third-order valence-electron chi connectivity index (χ3n) is 6.75. The average molecular weight is 492 g/mol. The third kappa shape index (κ3) is 8.19. The van der Waals surface area contributed by atoms with Crippen molar-refractivity contribution in [2.75, 3.05) is 53.6 Å². The van der Waals surface area contributed by atoms with Gasteiger partial charge in [-0.3, -0.25) is 9.59 Å². The number of hydrogen-bond donors (Lipinski definition) is 2. The van der Waals surface area contributed by atoms with Gasteiger partial charge >= 0.3 is 0 Å². The first-order valence-corrected chi connectivity index (χ1v) is 12.7. The topological polar surface area (TPSA) is 91.3 Å². The van der Waals surface area contributed by atoms with Gasteiger partial charge in [0.1, 0.15) is 11.9 Å². The maximum atomic E-state index is 13.5. The Hall–Kier alpha value is -2.16. The number of nitrogens with one attached hydrogen (secondary N) is 1. The number of methoxy groups -OCH3 is 1. The van der Waals surface area contributed by atoms with Gasteiger partial charge in [0.25, 0.3) is 11.8 Å². The lowest BCUT2D eigenvalue weighted by atomic mass is 9.93. The van der Waals surface area contributed by atoms with Gasteiger partial charge in [0.05, 0.1) is 6.61 Å². The van der Waals surface area contributed by atoms with Crippen molar-refractivity contribution >= 4 is 11.8 Å². The number of aliphatic hydroxyl groups excluding tert-OH is 1. The summed E-state index contributed by atoms with van der Waals surface area (Å²) in [6, 6.07) is 5.65. The molecule has 0 bridgehead atoms. The molecule has 1 unspecified atom stereocenters. The number of aryl methyl sites for hydroxylation is 1. The van der Waals surface area contributed by atoms with Crippen LogP contribution in [0.4, 0.5) is 0 Å². The highest BCUT2D eigenvalue weighted by Gasteiger charge is 2.34. The minimum atomic E-state index is -0.992. The van der Waals surface area contributed by atoms with Gasteiger partial charge in [-0.25, -0.2) is 0 Å². The van der Waals surface area contributed by atoms with Gasteiger partial charge in [-0.1, -0.05) is 19.9 Å². The van der Waals surface area contributed by atoms with Crippen LogP contribution >= 0.6 is 0 Å². The Balaban J connectivity index is 2.09. The summed E-state index contributed by atoms with van der Waals surface area (Å²) >= 11 is 0. The molecule has 1 aromatic carbocycles. The zero-order valence-electron chi connectivity index (χ0n) is 22.5. The van der Waals surface area contributed by atoms with E-state index in [-0.39, 0.29) is 35.6 Å². The molecule has 3 atom stereocenters. The Labute approximate surface area is 211 Å². The molecule has 8 heteroatoms. The third-order valence-corrected chi connectivity index (χ3v) is 6.75. The number of aliphatic hydroxyl groups is 1. The average Bonchev–Trinajstić information content (AvgIpc) is 3.25. The lowest BCUT2D eigenvalue weighted by molar-refractivity contribution is -0.141. The Morgan fingerprint density at radius 2 is 1.77 bits per heavy atom. The standard InChI is InChI=1S/C27H45N3O5/c1-18(2)25(31)27(33)29(6)16-22-14-28-15-23(22)17-30(19(3)4)26(32)21-10-9-20(5)24(13-21)35-12-8-11-34-7/h9-10,13,18-19,22-23,25,28,31H,8,11-12,14-17H2,1-7H3/t22-,23-,25?/m0/s1. The molecular weight excluding hydrogens is 446 g/mol. The number of benzene rings is 1. The van der Waals surface area contributed by atoms with Gasteiger partial charge in [0.2, 0.25) is 0 Å². The molecule has 198 valence electrons. The number of rotatable bonds is 13. The molecule has 1 aromatic rings. The van der Waals surface area contributed by atoms with Crippen molar-refractivity contribution in [3.05, 3.63) is 29.3 Å². The molecule has 0 aromatic heterocycles. The number of carbonyl (C=O) groups excluding carboxylic acids is 2. The minimum absolute atomic E-state index is 0.0212. The van der Waals surface area contributed by atoms with Crippen LogP contribution in [0.2, 0.25) is 0 Å². The molecule has 1 aliphatic rings. The maximum absolute atomic E-state index is 13.5. The Bertz CT molecular complexity index is 829. The predicted molar refractivity (Wildman–Crippen MR) is 138 cm³/mol. The normalized spacial score (nSPS) is 18.7. The van der Waals surface area contributed by atoms with Crippen LogP contribution < -0.4 is 10.1 Å². The fourth-order valence-electron chi connectivity index (χ4n) is 4.39. The maximum Gasteiger partial charge on any atom is 0.254 e. The summed E-state index contributed by atoms with van der Waals surface area (Å²) in [5, 5.41) is 13.6. The van der Waals surface area contributed by atoms with Crippen LogP contribution in [-0.2, 0) is 9.53 Å². The van der Waals surface area contributed by atoms with E-state index >= 15 is 0 Å². The number of ether oxygens (including phenoxy) is 2. The van der Waals surface area contributed by atoms with E-state index in [1.54, 1.807) is 19.1 Å². The number of likely N-dealkylation sites (N-methyl/N-ethyl adjacent to an activating group) is 1. The van der Waals surface area contributed by atoms with Crippen molar-refractivity contribution in [1.82, 2.24) is 15.1 Å². The van der Waals surface area contributed by atoms with Crippen molar-refractivity contribution in [2.24, 2.45) is 17.8 Å². The van der Waals surface area contributed by atoms with Crippen LogP contribution in [0.5, 0.6) is 5.75 Å². The number of carbonyl (C=O) groups is 2. The second-order valence-electron chi connectivity index (χ2n) is 10.3. The second kappa shape index (κ2) is 13.8. The van der Waals surface area contributed by atoms with E-state index in [1.165, 1.54) is 0 Å². The smallest absolute Gasteiger partial charge is 0.254 e. The molecule has 0 aliphatic carbocycles. The molecule has 2 N–H and O–H groups in total. The summed E-state index contributed by atoms with van der Waals surface area (Å²) in [6.07, 6.45) is -0.206. The molecular formula is C27H45N3O5. The lowest BCUT2D eigenvalue weighted by Crippen LogP contribution is -2.45. The fourth-order valence-corrected chi connectivity index (χ4v) is 4.39. The van der Waals surface area contributed by atoms with Crippen LogP contribution in [0.15, 0.2) is 18.2 Å².